The van der Waals surface area contributed by atoms with Gasteiger partial charge in [-0.3, -0.25) is 19.3 Å². The van der Waals surface area contributed by atoms with Gasteiger partial charge in [0.1, 0.15) is 0 Å². The molecule has 0 bridgehead atoms. The number of hydrogen-bond acceptors (Lipinski definition) is 5. The Labute approximate surface area is 155 Å². The van der Waals surface area contributed by atoms with Crippen molar-refractivity contribution in [2.24, 2.45) is 12.1 Å². The maximum atomic E-state index is 12.2. The van der Waals surface area contributed by atoms with Crippen LogP contribution in [-0.2, 0) is 7.05 Å². The van der Waals surface area contributed by atoms with Gasteiger partial charge in [-0.2, -0.15) is 10.2 Å². The van der Waals surface area contributed by atoms with Crippen molar-refractivity contribution >= 4 is 23.2 Å². The number of hydrazone groups is 1. The lowest BCUT2D eigenvalue weighted by Crippen LogP contribution is -2.20. The van der Waals surface area contributed by atoms with E-state index in [9.17, 15) is 9.59 Å². The molecule has 0 fully saturated rings. The minimum Gasteiger partial charge on any atom is -0.322 e. The van der Waals surface area contributed by atoms with Crippen LogP contribution >= 0.6 is 0 Å². The number of aryl methyl sites for hydroxylation is 1. The summed E-state index contributed by atoms with van der Waals surface area (Å²) < 4.78 is 1.54. The summed E-state index contributed by atoms with van der Waals surface area (Å²) in [5.41, 5.74) is 5.27. The highest BCUT2D eigenvalue weighted by atomic mass is 16.2. The average Bonchev–Trinajstić information content (AvgIpc) is 3.13. The quantitative estimate of drug-likeness (QED) is 0.537. The number of nitrogens with one attached hydrogen (secondary N) is 2. The number of benzene rings is 1. The van der Waals surface area contributed by atoms with Crippen molar-refractivity contribution in [3.05, 3.63) is 77.9 Å². The highest BCUT2D eigenvalue weighted by Crippen LogP contribution is 2.13. The third-order valence-corrected chi connectivity index (χ3v) is 3.75. The fourth-order valence-electron chi connectivity index (χ4n) is 2.32. The van der Waals surface area contributed by atoms with Gasteiger partial charge in [0.15, 0.2) is 5.69 Å². The first-order valence-corrected chi connectivity index (χ1v) is 8.19. The number of carbonyl (C=O) groups excluding carboxylic acids is 2. The summed E-state index contributed by atoms with van der Waals surface area (Å²) in [4.78, 5) is 28.1. The van der Waals surface area contributed by atoms with Crippen LogP contribution in [0.4, 0.5) is 5.69 Å². The summed E-state index contributed by atoms with van der Waals surface area (Å²) in [6.45, 7) is 1.77. The first kappa shape index (κ1) is 18.0. The molecule has 2 heterocycles. The van der Waals surface area contributed by atoms with E-state index in [0.717, 1.165) is 5.56 Å². The Morgan fingerprint density at radius 2 is 1.81 bits per heavy atom. The van der Waals surface area contributed by atoms with Crippen LogP contribution in [0, 0.1) is 0 Å². The molecule has 0 aliphatic carbocycles. The van der Waals surface area contributed by atoms with Crippen molar-refractivity contribution < 1.29 is 9.59 Å². The third kappa shape index (κ3) is 4.63. The van der Waals surface area contributed by atoms with Gasteiger partial charge in [0.05, 0.1) is 5.71 Å². The summed E-state index contributed by atoms with van der Waals surface area (Å²) in [5.74, 6) is -0.621. The van der Waals surface area contributed by atoms with Crippen LogP contribution in [-0.4, -0.2) is 32.3 Å². The van der Waals surface area contributed by atoms with Crippen LogP contribution in [0.1, 0.15) is 33.3 Å². The second kappa shape index (κ2) is 8.05. The van der Waals surface area contributed by atoms with Crippen LogP contribution in [0.5, 0.6) is 0 Å². The third-order valence-electron chi connectivity index (χ3n) is 3.75. The summed E-state index contributed by atoms with van der Waals surface area (Å²) in [7, 11) is 1.73. The zero-order valence-corrected chi connectivity index (χ0v) is 14.9. The molecule has 2 amide bonds. The zero-order valence-electron chi connectivity index (χ0n) is 14.9. The minimum absolute atomic E-state index is 0.229. The van der Waals surface area contributed by atoms with Gasteiger partial charge in [-0.25, -0.2) is 5.43 Å². The molecule has 8 heteroatoms. The number of pyridine rings is 1. The summed E-state index contributed by atoms with van der Waals surface area (Å²) in [5, 5.41) is 11.0. The van der Waals surface area contributed by atoms with Gasteiger partial charge in [-0.15, -0.1) is 0 Å². The molecule has 8 nitrogen and oxygen atoms in total. The van der Waals surface area contributed by atoms with Gasteiger partial charge in [0.25, 0.3) is 11.8 Å². The monoisotopic (exact) mass is 362 g/mol. The predicted octanol–water partition coefficient (Wildman–Crippen LogP) is 2.22. The molecule has 3 rings (SSSR count). The van der Waals surface area contributed by atoms with E-state index >= 15 is 0 Å². The first-order chi connectivity index (χ1) is 13.0. The largest absolute Gasteiger partial charge is 0.322 e. The second-order valence-electron chi connectivity index (χ2n) is 5.78. The van der Waals surface area contributed by atoms with Crippen molar-refractivity contribution in [1.29, 1.82) is 0 Å². The fraction of sp³-hybridized carbons (Fsp3) is 0.105. The van der Waals surface area contributed by atoms with Gasteiger partial charge in [0.2, 0.25) is 0 Å². The minimum atomic E-state index is -0.392. The standard InChI is InChI=1S/C19H18N6O2/c1-13(22-23-19(27)17-8-11-25(2)24-17)15-4-3-5-16(12-15)21-18(26)14-6-9-20-10-7-14/h3-12H,1-2H3,(H,21,26)(H,23,27)/b22-13-. The highest BCUT2D eigenvalue weighted by molar-refractivity contribution is 6.05. The van der Waals surface area contributed by atoms with Gasteiger partial charge < -0.3 is 5.32 Å². The van der Waals surface area contributed by atoms with E-state index in [2.05, 4.69) is 25.9 Å². The van der Waals surface area contributed by atoms with Crippen LogP contribution in [0.3, 0.4) is 0 Å². The number of carbonyl (C=O) groups is 2. The van der Waals surface area contributed by atoms with Crippen molar-refractivity contribution in [3.8, 4) is 0 Å². The van der Waals surface area contributed by atoms with Gasteiger partial charge in [0, 0.05) is 36.9 Å². The van der Waals surface area contributed by atoms with Crippen molar-refractivity contribution in [1.82, 2.24) is 20.2 Å². The predicted molar refractivity (Wildman–Crippen MR) is 102 cm³/mol. The lowest BCUT2D eigenvalue weighted by Gasteiger charge is -2.07. The number of hydrogen-bond donors (Lipinski definition) is 2. The Morgan fingerprint density at radius 1 is 1.04 bits per heavy atom. The fourth-order valence-corrected chi connectivity index (χ4v) is 2.32. The zero-order chi connectivity index (χ0) is 19.2. The number of anilines is 1. The highest BCUT2D eigenvalue weighted by Gasteiger charge is 2.09. The summed E-state index contributed by atoms with van der Waals surface area (Å²) >= 11 is 0. The van der Waals surface area contributed by atoms with E-state index in [0.29, 0.717) is 17.0 Å². The summed E-state index contributed by atoms with van der Waals surface area (Å²) in [6, 6.07) is 12.1. The molecule has 0 saturated carbocycles. The van der Waals surface area contributed by atoms with Crippen molar-refractivity contribution in [2.75, 3.05) is 5.32 Å². The molecule has 0 saturated heterocycles. The maximum absolute atomic E-state index is 12.2. The maximum Gasteiger partial charge on any atom is 0.291 e. The van der Waals surface area contributed by atoms with E-state index < -0.39 is 5.91 Å². The number of amides is 2. The van der Waals surface area contributed by atoms with Gasteiger partial charge >= 0.3 is 0 Å². The lowest BCUT2D eigenvalue weighted by molar-refractivity contribution is 0.0948. The molecule has 3 aromatic rings. The van der Waals surface area contributed by atoms with E-state index in [4.69, 9.17) is 0 Å². The Bertz CT molecular complexity index is 994. The molecular formula is C19H18N6O2. The molecule has 136 valence electrons. The molecule has 0 radical (unpaired) electrons. The van der Waals surface area contributed by atoms with E-state index in [1.165, 1.54) is 0 Å². The molecule has 2 aromatic heterocycles. The summed E-state index contributed by atoms with van der Waals surface area (Å²) in [6.07, 6.45) is 4.80. The molecule has 27 heavy (non-hydrogen) atoms. The molecule has 2 N–H and O–H groups in total. The molecule has 0 atom stereocenters. The Morgan fingerprint density at radius 3 is 2.52 bits per heavy atom. The molecular weight excluding hydrogens is 344 g/mol. The van der Waals surface area contributed by atoms with Crippen LogP contribution in [0.25, 0.3) is 0 Å². The first-order valence-electron chi connectivity index (χ1n) is 8.19. The van der Waals surface area contributed by atoms with Crippen molar-refractivity contribution in [2.45, 2.75) is 6.92 Å². The van der Waals surface area contributed by atoms with E-state index in [1.807, 2.05) is 6.07 Å². The number of rotatable bonds is 5. The molecule has 0 spiro atoms. The SMILES string of the molecule is C/C(=N/NC(=O)c1ccn(C)n1)c1cccc(NC(=O)c2ccncc2)c1. The van der Waals surface area contributed by atoms with Crippen LogP contribution in [0.2, 0.25) is 0 Å². The lowest BCUT2D eigenvalue weighted by atomic mass is 10.1. The van der Waals surface area contributed by atoms with Crippen LogP contribution < -0.4 is 10.7 Å². The number of aromatic nitrogens is 3. The normalized spacial score (nSPS) is 11.1. The smallest absolute Gasteiger partial charge is 0.291 e. The Hall–Kier alpha value is -3.81. The molecule has 0 aliphatic rings. The van der Waals surface area contributed by atoms with Crippen molar-refractivity contribution in [3.63, 3.8) is 0 Å². The average molecular weight is 362 g/mol. The molecule has 0 unspecified atom stereocenters. The van der Waals surface area contributed by atoms with E-state index in [-0.39, 0.29) is 11.6 Å². The Kier molecular flexibility index (Phi) is 5.36. The van der Waals surface area contributed by atoms with Gasteiger partial charge in [-0.05, 0) is 42.8 Å². The molecule has 0 aliphatic heterocycles. The van der Waals surface area contributed by atoms with Crippen LogP contribution in [0.15, 0.2) is 66.2 Å². The second-order valence-corrected chi connectivity index (χ2v) is 5.78. The molecule has 1 aromatic carbocycles. The van der Waals surface area contributed by atoms with E-state index in [1.54, 1.807) is 73.6 Å². The topological polar surface area (TPSA) is 101 Å². The number of nitrogens with zero attached hydrogens (tertiary/aromatic N) is 4. The Balaban J connectivity index is 1.68. The van der Waals surface area contributed by atoms with Gasteiger partial charge in [-0.1, -0.05) is 12.1 Å².